The number of nitrogens with zero attached hydrogens (tertiary/aromatic N) is 1. The van der Waals surface area contributed by atoms with Crippen LogP contribution in [0.15, 0.2) is 18.2 Å². The van der Waals surface area contributed by atoms with Gasteiger partial charge in [-0.05, 0) is 30.7 Å². The zero-order valence-corrected chi connectivity index (χ0v) is 11.4. The molecule has 0 heterocycles. The van der Waals surface area contributed by atoms with Crippen molar-refractivity contribution in [3.05, 3.63) is 39.7 Å². The third-order valence-electron chi connectivity index (χ3n) is 2.91. The van der Waals surface area contributed by atoms with Crippen molar-refractivity contribution in [2.24, 2.45) is 11.8 Å². The van der Waals surface area contributed by atoms with Gasteiger partial charge in [-0.25, -0.2) is 4.39 Å². The Morgan fingerprint density at radius 1 is 1.42 bits per heavy atom. The zero-order chi connectivity index (χ0) is 14.6. The molecule has 1 N–H and O–H groups in total. The minimum atomic E-state index is -0.698. The molecule has 0 radical (unpaired) electrons. The van der Waals surface area contributed by atoms with E-state index in [0.29, 0.717) is 18.3 Å². The second-order valence-corrected chi connectivity index (χ2v) is 5.34. The Kier molecular flexibility index (Phi) is 5.15. The van der Waals surface area contributed by atoms with Crippen LogP contribution in [0.3, 0.4) is 0 Å². The van der Waals surface area contributed by atoms with Crippen molar-refractivity contribution in [1.82, 2.24) is 0 Å². The Hall–Kier alpha value is -1.78. The Morgan fingerprint density at radius 2 is 2.05 bits per heavy atom. The number of benzene rings is 1. The first-order valence-electron chi connectivity index (χ1n) is 6.33. The minimum Gasteiger partial charge on any atom is -0.305 e. The average Bonchev–Trinajstić information content (AvgIpc) is 2.26. The largest absolute Gasteiger partial charge is 0.305 e. The first-order valence-corrected chi connectivity index (χ1v) is 6.33. The Bertz CT molecular complexity index is 486. The predicted octanol–water partition coefficient (Wildman–Crippen LogP) is 4.17. The smallest absolute Gasteiger partial charge is 0.272 e. The molecular weight excluding hydrogens is 247 g/mol. The summed E-state index contributed by atoms with van der Waals surface area (Å²) in [4.78, 5) is 9.88. The Morgan fingerprint density at radius 3 is 2.53 bits per heavy atom. The number of non-ortho nitro benzene ring substituents is 1. The lowest BCUT2D eigenvalue weighted by Gasteiger charge is -2.14. The first kappa shape index (κ1) is 15.3. The first-order chi connectivity index (χ1) is 8.81. The number of halogens is 1. The van der Waals surface area contributed by atoms with E-state index >= 15 is 0 Å². The maximum Gasteiger partial charge on any atom is 0.272 e. The molecule has 0 aromatic heterocycles. The number of hydrogen-bond acceptors (Lipinski definition) is 3. The van der Waals surface area contributed by atoms with Gasteiger partial charge in [0.2, 0.25) is 0 Å². The lowest BCUT2D eigenvalue weighted by Crippen LogP contribution is -2.10. The van der Waals surface area contributed by atoms with Crippen LogP contribution in [0, 0.1) is 33.2 Å². The lowest BCUT2D eigenvalue weighted by molar-refractivity contribution is -0.385. The van der Waals surface area contributed by atoms with Crippen molar-refractivity contribution >= 4 is 11.4 Å². The van der Waals surface area contributed by atoms with Gasteiger partial charge >= 0.3 is 0 Å². The topological polar surface area (TPSA) is 67.0 Å². The number of nitro groups is 1. The van der Waals surface area contributed by atoms with Gasteiger partial charge in [-0.2, -0.15) is 0 Å². The van der Waals surface area contributed by atoms with Crippen molar-refractivity contribution in [3.8, 4) is 0 Å². The van der Waals surface area contributed by atoms with Crippen LogP contribution in [0.1, 0.15) is 39.2 Å². The Labute approximate surface area is 112 Å². The molecule has 1 rings (SSSR count). The van der Waals surface area contributed by atoms with Crippen molar-refractivity contribution < 1.29 is 9.31 Å². The monoisotopic (exact) mass is 266 g/mol. The van der Waals surface area contributed by atoms with E-state index < -0.39 is 10.7 Å². The highest BCUT2D eigenvalue weighted by molar-refractivity contribution is 5.98. The minimum absolute atomic E-state index is 0.154. The number of rotatable bonds is 6. The van der Waals surface area contributed by atoms with Crippen LogP contribution in [0.4, 0.5) is 10.1 Å². The lowest BCUT2D eigenvalue weighted by atomic mass is 9.91. The molecule has 0 aliphatic rings. The summed E-state index contributed by atoms with van der Waals surface area (Å²) in [6.45, 7) is 6.23. The molecule has 19 heavy (non-hydrogen) atoms. The molecule has 0 aliphatic heterocycles. The summed E-state index contributed by atoms with van der Waals surface area (Å²) in [5, 5.41) is 18.4. The van der Waals surface area contributed by atoms with Crippen molar-refractivity contribution in [2.45, 2.75) is 33.6 Å². The van der Waals surface area contributed by atoms with Gasteiger partial charge in [-0.3, -0.25) is 10.1 Å². The summed E-state index contributed by atoms with van der Waals surface area (Å²) in [6.07, 6.45) is 1.45. The molecule has 4 nitrogen and oxygen atoms in total. The van der Waals surface area contributed by atoms with E-state index in [1.54, 1.807) is 0 Å². The van der Waals surface area contributed by atoms with E-state index in [0.717, 1.165) is 12.5 Å². The highest BCUT2D eigenvalue weighted by Gasteiger charge is 2.16. The molecule has 1 atom stereocenters. The second-order valence-electron chi connectivity index (χ2n) is 5.34. The summed E-state index contributed by atoms with van der Waals surface area (Å²) >= 11 is 0. The Balaban J connectivity index is 2.80. The van der Waals surface area contributed by atoms with Gasteiger partial charge in [0.15, 0.2) is 0 Å². The number of hydrogen-bond donors (Lipinski definition) is 1. The van der Waals surface area contributed by atoms with E-state index in [1.165, 1.54) is 12.1 Å². The predicted molar refractivity (Wildman–Crippen MR) is 73.1 cm³/mol. The molecule has 104 valence electrons. The van der Waals surface area contributed by atoms with Gasteiger partial charge in [0.25, 0.3) is 5.69 Å². The van der Waals surface area contributed by atoms with Crippen LogP contribution in [0.25, 0.3) is 0 Å². The molecule has 0 saturated carbocycles. The molecule has 1 aromatic rings. The second kappa shape index (κ2) is 6.41. The van der Waals surface area contributed by atoms with Crippen LogP contribution in [0.2, 0.25) is 0 Å². The van der Waals surface area contributed by atoms with Crippen LogP contribution in [-0.2, 0) is 0 Å². The fraction of sp³-hybridized carbons (Fsp3) is 0.500. The van der Waals surface area contributed by atoms with Crippen molar-refractivity contribution in [1.29, 1.82) is 5.41 Å². The van der Waals surface area contributed by atoms with Gasteiger partial charge in [-0.1, -0.05) is 20.8 Å². The summed E-state index contributed by atoms with van der Waals surface area (Å²) in [6, 6.07) is 3.43. The molecule has 5 heteroatoms. The van der Waals surface area contributed by atoms with Crippen LogP contribution in [-0.4, -0.2) is 10.6 Å². The fourth-order valence-electron chi connectivity index (χ4n) is 2.21. The summed E-state index contributed by atoms with van der Waals surface area (Å²) in [5.41, 5.74) is 0.0611. The van der Waals surface area contributed by atoms with Gasteiger partial charge in [0, 0.05) is 17.3 Å². The molecule has 0 aliphatic carbocycles. The fourth-order valence-corrected chi connectivity index (χ4v) is 2.21. The van der Waals surface area contributed by atoms with E-state index in [4.69, 9.17) is 5.41 Å². The molecule has 0 fully saturated rings. The maximum absolute atomic E-state index is 13.7. The summed E-state index contributed by atoms with van der Waals surface area (Å²) in [5.74, 6) is 0.127. The molecule has 0 unspecified atom stereocenters. The molecule has 0 bridgehead atoms. The molecule has 0 amide bonds. The highest BCUT2D eigenvalue weighted by atomic mass is 19.1. The molecule has 1 aromatic carbocycles. The third-order valence-corrected chi connectivity index (χ3v) is 2.91. The molecule has 0 saturated heterocycles. The van der Waals surface area contributed by atoms with Crippen molar-refractivity contribution in [3.63, 3.8) is 0 Å². The van der Waals surface area contributed by atoms with Crippen LogP contribution in [0.5, 0.6) is 0 Å². The van der Waals surface area contributed by atoms with Gasteiger partial charge < -0.3 is 5.41 Å². The average molecular weight is 266 g/mol. The van der Waals surface area contributed by atoms with E-state index in [1.807, 2.05) is 6.92 Å². The molecular formula is C14H19FN2O2. The zero-order valence-electron chi connectivity index (χ0n) is 11.4. The normalized spacial score (nSPS) is 12.5. The SMILES string of the molecule is CC(C)C[C@@H](C)CC(=N)c1ccc([N+](=O)[O-])cc1F. The highest BCUT2D eigenvalue weighted by Crippen LogP contribution is 2.21. The van der Waals surface area contributed by atoms with E-state index in [2.05, 4.69) is 13.8 Å². The quantitative estimate of drug-likeness (QED) is 0.477. The van der Waals surface area contributed by atoms with E-state index in [-0.39, 0.29) is 17.0 Å². The maximum atomic E-state index is 13.7. The standard InChI is InChI=1S/C14H19FN2O2/c1-9(2)6-10(3)7-14(16)12-5-4-11(17(18)19)8-13(12)15/h4-5,8-10,16H,6-7H2,1-3H3/t10-/m1/s1. The van der Waals surface area contributed by atoms with Gasteiger partial charge in [0.05, 0.1) is 11.0 Å². The van der Waals surface area contributed by atoms with Gasteiger partial charge in [-0.15, -0.1) is 0 Å². The summed E-state index contributed by atoms with van der Waals surface area (Å²) in [7, 11) is 0. The number of nitrogens with one attached hydrogen (secondary N) is 1. The van der Waals surface area contributed by atoms with E-state index in [9.17, 15) is 14.5 Å². The van der Waals surface area contributed by atoms with Crippen LogP contribution < -0.4 is 0 Å². The van der Waals surface area contributed by atoms with Gasteiger partial charge in [0.1, 0.15) is 5.82 Å². The molecule has 0 spiro atoms. The van der Waals surface area contributed by atoms with Crippen molar-refractivity contribution in [2.75, 3.05) is 0 Å². The van der Waals surface area contributed by atoms with Crippen LogP contribution >= 0.6 is 0 Å². The number of nitro benzene ring substituents is 1. The third kappa shape index (κ3) is 4.43. The summed E-state index contributed by atoms with van der Waals surface area (Å²) < 4.78 is 13.7.